The molecule has 2 saturated carbocycles. The molecule has 2 aliphatic carbocycles. The van der Waals surface area contributed by atoms with Crippen LogP contribution in [0, 0.1) is 11.3 Å². The van der Waals surface area contributed by atoms with E-state index in [1.165, 1.54) is 0 Å². The van der Waals surface area contributed by atoms with Gasteiger partial charge in [0.1, 0.15) is 5.75 Å². The van der Waals surface area contributed by atoms with Gasteiger partial charge in [-0.2, -0.15) is 0 Å². The lowest BCUT2D eigenvalue weighted by molar-refractivity contribution is -0.137. The molecule has 0 heterocycles. The van der Waals surface area contributed by atoms with Gasteiger partial charge in [-0.3, -0.25) is 4.79 Å². The summed E-state index contributed by atoms with van der Waals surface area (Å²) in [5.41, 5.74) is -0.405. The second-order valence-electron chi connectivity index (χ2n) is 10.4. The molecule has 1 aromatic rings. The summed E-state index contributed by atoms with van der Waals surface area (Å²) < 4.78 is 10.8. The van der Waals surface area contributed by atoms with Crippen LogP contribution in [0.1, 0.15) is 76.7 Å². The summed E-state index contributed by atoms with van der Waals surface area (Å²) in [7, 11) is 4.07. The van der Waals surface area contributed by atoms with E-state index >= 15 is 0 Å². The fourth-order valence-corrected chi connectivity index (χ4v) is 5.75. The first kappa shape index (κ1) is 26.5. The minimum Gasteiger partial charge on any atom is -0.450 e. The van der Waals surface area contributed by atoms with Crippen molar-refractivity contribution in [2.75, 3.05) is 33.8 Å². The van der Waals surface area contributed by atoms with Crippen molar-refractivity contribution in [3.8, 4) is 5.75 Å². The highest BCUT2D eigenvalue weighted by Gasteiger charge is 2.41. The van der Waals surface area contributed by atoms with Crippen molar-refractivity contribution in [3.05, 3.63) is 29.8 Å². The van der Waals surface area contributed by atoms with Crippen LogP contribution in [0.25, 0.3) is 0 Å². The van der Waals surface area contributed by atoms with Crippen LogP contribution in [0.15, 0.2) is 24.3 Å². The summed E-state index contributed by atoms with van der Waals surface area (Å²) in [5.74, 6) is 0.307. The lowest BCUT2D eigenvalue weighted by Gasteiger charge is -2.41. The standard InChI is InChI=1S/C27H42N2O5/c1-4-33-25(31)28-20-26(14-7-5-8-15-26)18-24(30)34-23-13-10-12-21(17-23)27(32)16-9-6-11-22(27)19-29(2)3/h10,12-13,17,22,32H,4-9,11,14-16,18-20H2,1-3H3,(H,28,31). The Kier molecular flexibility index (Phi) is 9.37. The highest BCUT2D eigenvalue weighted by molar-refractivity contribution is 5.73. The Labute approximate surface area is 204 Å². The van der Waals surface area contributed by atoms with Crippen molar-refractivity contribution in [1.29, 1.82) is 0 Å². The molecule has 2 atom stereocenters. The molecule has 0 saturated heterocycles. The number of aliphatic hydroxyl groups is 1. The van der Waals surface area contributed by atoms with Gasteiger partial charge in [-0.25, -0.2) is 4.79 Å². The average Bonchev–Trinajstić information content (AvgIpc) is 2.80. The van der Waals surface area contributed by atoms with E-state index in [0.717, 1.165) is 63.5 Å². The molecule has 1 amide bonds. The predicted octanol–water partition coefficient (Wildman–Crippen LogP) is 4.62. The minimum atomic E-state index is -0.918. The summed E-state index contributed by atoms with van der Waals surface area (Å²) in [4.78, 5) is 27.0. The molecule has 1 aromatic carbocycles. The van der Waals surface area contributed by atoms with E-state index < -0.39 is 11.7 Å². The fourth-order valence-electron chi connectivity index (χ4n) is 5.75. The van der Waals surface area contributed by atoms with Crippen molar-refractivity contribution >= 4 is 12.1 Å². The van der Waals surface area contributed by atoms with Crippen LogP contribution in [-0.4, -0.2) is 55.9 Å². The van der Waals surface area contributed by atoms with Gasteiger partial charge >= 0.3 is 12.1 Å². The number of ether oxygens (including phenoxy) is 2. The summed E-state index contributed by atoms with van der Waals surface area (Å²) in [5, 5.41) is 14.5. The maximum atomic E-state index is 13.0. The molecule has 0 radical (unpaired) electrons. The van der Waals surface area contributed by atoms with Gasteiger partial charge in [0.25, 0.3) is 0 Å². The fraction of sp³-hybridized carbons (Fsp3) is 0.704. The van der Waals surface area contributed by atoms with Crippen molar-refractivity contribution in [2.45, 2.75) is 76.7 Å². The van der Waals surface area contributed by atoms with Crippen molar-refractivity contribution in [3.63, 3.8) is 0 Å². The maximum Gasteiger partial charge on any atom is 0.407 e. The van der Waals surface area contributed by atoms with Gasteiger partial charge in [0, 0.05) is 19.0 Å². The van der Waals surface area contributed by atoms with Gasteiger partial charge in [0.15, 0.2) is 0 Å². The lowest BCUT2D eigenvalue weighted by Crippen LogP contribution is -2.43. The van der Waals surface area contributed by atoms with E-state index in [-0.39, 0.29) is 23.7 Å². The first-order valence-electron chi connectivity index (χ1n) is 12.9. The van der Waals surface area contributed by atoms with Crippen molar-refractivity contribution in [2.24, 2.45) is 11.3 Å². The third-order valence-electron chi connectivity index (χ3n) is 7.50. The van der Waals surface area contributed by atoms with E-state index in [2.05, 4.69) is 10.2 Å². The molecule has 2 N–H and O–H groups in total. The second kappa shape index (κ2) is 12.0. The smallest absolute Gasteiger partial charge is 0.407 e. The molecule has 7 heteroatoms. The van der Waals surface area contributed by atoms with Crippen molar-refractivity contribution in [1.82, 2.24) is 10.2 Å². The average molecular weight is 475 g/mol. The molecule has 34 heavy (non-hydrogen) atoms. The van der Waals surface area contributed by atoms with E-state index in [1.807, 2.05) is 32.3 Å². The highest BCUT2D eigenvalue weighted by atomic mass is 16.5. The zero-order valence-corrected chi connectivity index (χ0v) is 21.1. The second-order valence-corrected chi connectivity index (χ2v) is 10.4. The topological polar surface area (TPSA) is 88.1 Å². The third kappa shape index (κ3) is 6.95. The van der Waals surface area contributed by atoms with Gasteiger partial charge in [-0.05, 0) is 69.8 Å². The molecule has 2 unspecified atom stereocenters. The van der Waals surface area contributed by atoms with Gasteiger partial charge in [-0.1, -0.05) is 44.2 Å². The predicted molar refractivity (Wildman–Crippen MR) is 132 cm³/mol. The number of nitrogens with one attached hydrogen (secondary N) is 1. The Hall–Kier alpha value is -2.12. The first-order chi connectivity index (χ1) is 16.3. The SMILES string of the molecule is CCOC(=O)NCC1(CC(=O)Oc2cccc(C3(O)CCCCC3CN(C)C)c2)CCCCC1. The zero-order chi connectivity index (χ0) is 24.6. The Morgan fingerprint density at radius 1 is 1.12 bits per heavy atom. The highest BCUT2D eigenvalue weighted by Crippen LogP contribution is 2.43. The Morgan fingerprint density at radius 2 is 1.85 bits per heavy atom. The summed E-state index contributed by atoms with van der Waals surface area (Å²) in [6, 6.07) is 7.41. The van der Waals surface area contributed by atoms with Gasteiger partial charge in [0.05, 0.1) is 18.6 Å². The Morgan fingerprint density at radius 3 is 2.56 bits per heavy atom. The van der Waals surface area contributed by atoms with Gasteiger partial charge in [0.2, 0.25) is 0 Å². The molecule has 0 aromatic heterocycles. The number of rotatable bonds is 9. The molecule has 2 aliphatic rings. The maximum absolute atomic E-state index is 13.0. The van der Waals surface area contributed by atoms with Gasteiger partial charge in [-0.15, -0.1) is 0 Å². The molecular formula is C27H42N2O5. The lowest BCUT2D eigenvalue weighted by atomic mass is 9.71. The number of carbonyl (C=O) groups excluding carboxylic acids is 2. The van der Waals surface area contributed by atoms with Crippen LogP contribution in [0.2, 0.25) is 0 Å². The largest absolute Gasteiger partial charge is 0.450 e. The van der Waals surface area contributed by atoms with E-state index in [0.29, 0.717) is 25.3 Å². The molecule has 2 fully saturated rings. The summed E-state index contributed by atoms with van der Waals surface area (Å²) in [6.07, 6.45) is 8.57. The Balaban J connectivity index is 1.69. The molecule has 0 bridgehead atoms. The quantitative estimate of drug-likeness (QED) is 0.401. The molecule has 0 spiro atoms. The molecule has 7 nitrogen and oxygen atoms in total. The molecule has 0 aliphatic heterocycles. The van der Waals surface area contributed by atoms with E-state index in [9.17, 15) is 14.7 Å². The monoisotopic (exact) mass is 474 g/mol. The van der Waals surface area contributed by atoms with Crippen LogP contribution in [0.3, 0.4) is 0 Å². The zero-order valence-electron chi connectivity index (χ0n) is 21.1. The number of amides is 1. The number of hydrogen-bond acceptors (Lipinski definition) is 6. The van der Waals surface area contributed by atoms with Crippen LogP contribution in [0.4, 0.5) is 4.79 Å². The third-order valence-corrected chi connectivity index (χ3v) is 7.50. The molecule has 190 valence electrons. The summed E-state index contributed by atoms with van der Waals surface area (Å²) in [6.45, 7) is 3.32. The first-order valence-corrected chi connectivity index (χ1v) is 12.9. The number of nitrogens with zero attached hydrogens (tertiary/aromatic N) is 1. The van der Waals surface area contributed by atoms with Crippen LogP contribution in [0.5, 0.6) is 5.75 Å². The Bertz CT molecular complexity index is 821. The summed E-state index contributed by atoms with van der Waals surface area (Å²) >= 11 is 0. The van der Waals surface area contributed by atoms with Gasteiger partial charge < -0.3 is 24.8 Å². The number of benzene rings is 1. The van der Waals surface area contributed by atoms with Crippen molar-refractivity contribution < 1.29 is 24.2 Å². The van der Waals surface area contributed by atoms with E-state index in [1.54, 1.807) is 13.0 Å². The minimum absolute atomic E-state index is 0.140. The number of carbonyl (C=O) groups is 2. The van der Waals surface area contributed by atoms with Crippen LogP contribution in [-0.2, 0) is 15.1 Å². The normalized spacial score (nSPS) is 24.4. The number of hydrogen-bond donors (Lipinski definition) is 2. The number of alkyl carbamates (subject to hydrolysis) is 1. The number of esters is 1. The van der Waals surface area contributed by atoms with Crippen LogP contribution < -0.4 is 10.1 Å². The molecule has 3 rings (SSSR count). The van der Waals surface area contributed by atoms with Crippen LogP contribution >= 0.6 is 0 Å². The molecular weight excluding hydrogens is 432 g/mol. The van der Waals surface area contributed by atoms with E-state index in [4.69, 9.17) is 9.47 Å².